The van der Waals surface area contributed by atoms with E-state index < -0.39 is 0 Å². The maximum atomic E-state index is 5.85. The third-order valence-corrected chi connectivity index (χ3v) is 2.95. The number of aryl methyl sites for hydroxylation is 1. The van der Waals surface area contributed by atoms with Crippen molar-refractivity contribution < 1.29 is 9.47 Å². The van der Waals surface area contributed by atoms with Gasteiger partial charge in [-0.1, -0.05) is 0 Å². The minimum absolute atomic E-state index is 0.612. The fraction of sp³-hybridized carbons (Fsp3) is 0.400. The second kappa shape index (κ2) is 7.07. The summed E-state index contributed by atoms with van der Waals surface area (Å²) in [5, 5.41) is 4.41. The van der Waals surface area contributed by atoms with E-state index in [0.29, 0.717) is 19.8 Å². The molecule has 0 aliphatic rings. The summed E-state index contributed by atoms with van der Waals surface area (Å²) in [6, 6.07) is 7.77. The molecule has 0 saturated carbocycles. The van der Waals surface area contributed by atoms with Crippen LogP contribution in [0, 0.1) is 6.92 Å². The Morgan fingerprint density at radius 3 is 2.85 bits per heavy atom. The number of nitrogens with one attached hydrogen (secondary N) is 1. The van der Waals surface area contributed by atoms with Gasteiger partial charge in [0.25, 0.3) is 0 Å². The van der Waals surface area contributed by atoms with Gasteiger partial charge in [0.1, 0.15) is 0 Å². The number of ether oxygens (including phenoxy) is 2. The van der Waals surface area contributed by atoms with Crippen LogP contribution in [0.3, 0.4) is 0 Å². The Labute approximate surface area is 119 Å². The molecule has 0 aliphatic heterocycles. The van der Waals surface area contributed by atoms with E-state index in [2.05, 4.69) is 10.3 Å². The van der Waals surface area contributed by atoms with E-state index in [0.717, 1.165) is 34.5 Å². The quantitative estimate of drug-likeness (QED) is 0.599. The van der Waals surface area contributed by atoms with Gasteiger partial charge in [-0.25, -0.2) is 0 Å². The van der Waals surface area contributed by atoms with Crippen LogP contribution in [0.25, 0.3) is 10.9 Å². The molecule has 0 spiro atoms. The molecule has 0 saturated heterocycles. The molecule has 0 unspecified atom stereocenters. The van der Waals surface area contributed by atoms with E-state index in [1.807, 2.05) is 31.2 Å². The van der Waals surface area contributed by atoms with Crippen LogP contribution in [0.4, 0.5) is 11.4 Å². The molecule has 0 aliphatic carbocycles. The van der Waals surface area contributed by atoms with Gasteiger partial charge >= 0.3 is 0 Å². The van der Waals surface area contributed by atoms with Crippen LogP contribution >= 0.6 is 0 Å². The van der Waals surface area contributed by atoms with Gasteiger partial charge in [-0.05, 0) is 31.2 Å². The molecule has 0 bridgehead atoms. The number of hydrogen-bond acceptors (Lipinski definition) is 5. The van der Waals surface area contributed by atoms with Crippen LogP contribution in [0.15, 0.2) is 24.3 Å². The number of nitrogens with two attached hydrogens (primary N) is 1. The van der Waals surface area contributed by atoms with E-state index in [9.17, 15) is 0 Å². The van der Waals surface area contributed by atoms with Crippen LogP contribution in [0.2, 0.25) is 0 Å². The van der Waals surface area contributed by atoms with E-state index in [1.165, 1.54) is 0 Å². The topological polar surface area (TPSA) is 69.4 Å². The highest BCUT2D eigenvalue weighted by atomic mass is 16.5. The SMILES string of the molecule is COCCOCCNc1cc(C)nc2ccc(N)cc12. The van der Waals surface area contributed by atoms with Gasteiger partial charge in [-0.2, -0.15) is 0 Å². The first kappa shape index (κ1) is 14.6. The van der Waals surface area contributed by atoms with Gasteiger partial charge in [0.2, 0.25) is 0 Å². The number of fused-ring (bicyclic) bond motifs is 1. The van der Waals surface area contributed by atoms with Gasteiger partial charge < -0.3 is 20.5 Å². The molecule has 1 aromatic heterocycles. The van der Waals surface area contributed by atoms with E-state index in [-0.39, 0.29) is 0 Å². The molecular weight excluding hydrogens is 254 g/mol. The van der Waals surface area contributed by atoms with E-state index in [1.54, 1.807) is 7.11 Å². The van der Waals surface area contributed by atoms with Crippen LogP contribution in [0.1, 0.15) is 5.69 Å². The zero-order chi connectivity index (χ0) is 14.4. The Hall–Kier alpha value is -1.85. The zero-order valence-corrected chi connectivity index (χ0v) is 12.0. The Kier molecular flexibility index (Phi) is 5.15. The van der Waals surface area contributed by atoms with Crippen molar-refractivity contribution in [3.05, 3.63) is 30.0 Å². The summed E-state index contributed by atoms with van der Waals surface area (Å²) in [5.74, 6) is 0. The van der Waals surface area contributed by atoms with Crippen molar-refractivity contribution in [2.75, 3.05) is 44.5 Å². The molecule has 20 heavy (non-hydrogen) atoms. The lowest BCUT2D eigenvalue weighted by atomic mass is 10.1. The third kappa shape index (κ3) is 3.82. The number of anilines is 2. The fourth-order valence-corrected chi connectivity index (χ4v) is 2.02. The molecule has 0 atom stereocenters. The second-order valence-electron chi connectivity index (χ2n) is 4.62. The van der Waals surface area contributed by atoms with Crippen molar-refractivity contribution in [3.63, 3.8) is 0 Å². The Balaban J connectivity index is 2.03. The molecule has 0 amide bonds. The molecule has 2 aromatic rings. The van der Waals surface area contributed by atoms with Crippen LogP contribution in [-0.2, 0) is 9.47 Å². The summed E-state index contributed by atoms with van der Waals surface area (Å²) in [7, 11) is 1.66. The Morgan fingerprint density at radius 2 is 2.05 bits per heavy atom. The molecule has 0 fully saturated rings. The molecule has 1 aromatic carbocycles. The van der Waals surface area contributed by atoms with Crippen LogP contribution in [0.5, 0.6) is 0 Å². The van der Waals surface area contributed by atoms with Gasteiger partial charge in [0, 0.05) is 36.1 Å². The second-order valence-corrected chi connectivity index (χ2v) is 4.62. The predicted octanol–water partition coefficient (Wildman–Crippen LogP) is 2.20. The number of nitrogens with zero attached hydrogens (tertiary/aromatic N) is 1. The molecule has 5 nitrogen and oxygen atoms in total. The van der Waals surface area contributed by atoms with Crippen molar-refractivity contribution in [1.29, 1.82) is 0 Å². The third-order valence-electron chi connectivity index (χ3n) is 2.95. The van der Waals surface area contributed by atoms with E-state index in [4.69, 9.17) is 15.2 Å². The van der Waals surface area contributed by atoms with Gasteiger partial charge in [0.05, 0.1) is 25.3 Å². The largest absolute Gasteiger partial charge is 0.399 e. The number of nitrogen functional groups attached to an aromatic ring is 1. The lowest BCUT2D eigenvalue weighted by molar-refractivity contribution is 0.0759. The maximum absolute atomic E-state index is 5.85. The first-order valence-electron chi connectivity index (χ1n) is 6.68. The monoisotopic (exact) mass is 275 g/mol. The summed E-state index contributed by atoms with van der Waals surface area (Å²) < 4.78 is 10.4. The number of rotatable bonds is 7. The summed E-state index contributed by atoms with van der Waals surface area (Å²) in [6.45, 7) is 4.58. The zero-order valence-electron chi connectivity index (χ0n) is 12.0. The summed E-state index contributed by atoms with van der Waals surface area (Å²) in [6.07, 6.45) is 0. The van der Waals surface area contributed by atoms with Crippen LogP contribution < -0.4 is 11.1 Å². The number of pyridine rings is 1. The number of benzene rings is 1. The van der Waals surface area contributed by atoms with Crippen molar-refractivity contribution in [2.45, 2.75) is 6.92 Å². The minimum Gasteiger partial charge on any atom is -0.399 e. The minimum atomic E-state index is 0.612. The number of methoxy groups -OCH3 is 1. The van der Waals surface area contributed by atoms with Crippen molar-refractivity contribution in [2.24, 2.45) is 0 Å². The molecular formula is C15H21N3O2. The number of hydrogen-bond donors (Lipinski definition) is 2. The number of aromatic nitrogens is 1. The van der Waals surface area contributed by atoms with E-state index >= 15 is 0 Å². The highest BCUT2D eigenvalue weighted by Gasteiger charge is 2.04. The highest BCUT2D eigenvalue weighted by molar-refractivity contribution is 5.93. The lowest BCUT2D eigenvalue weighted by Gasteiger charge is -2.11. The highest BCUT2D eigenvalue weighted by Crippen LogP contribution is 2.25. The fourth-order valence-electron chi connectivity index (χ4n) is 2.02. The molecule has 108 valence electrons. The summed E-state index contributed by atoms with van der Waals surface area (Å²) in [4.78, 5) is 4.50. The summed E-state index contributed by atoms with van der Waals surface area (Å²) in [5.41, 5.74) is 9.55. The lowest BCUT2D eigenvalue weighted by Crippen LogP contribution is -2.12. The van der Waals surface area contributed by atoms with Crippen molar-refractivity contribution in [1.82, 2.24) is 4.98 Å². The Morgan fingerprint density at radius 1 is 1.20 bits per heavy atom. The van der Waals surface area contributed by atoms with Gasteiger partial charge in [-0.15, -0.1) is 0 Å². The van der Waals surface area contributed by atoms with Gasteiger partial charge in [0.15, 0.2) is 0 Å². The maximum Gasteiger partial charge on any atom is 0.0727 e. The predicted molar refractivity (Wildman–Crippen MR) is 82.1 cm³/mol. The van der Waals surface area contributed by atoms with Crippen LogP contribution in [-0.4, -0.2) is 38.5 Å². The van der Waals surface area contributed by atoms with Crippen molar-refractivity contribution in [3.8, 4) is 0 Å². The first-order chi connectivity index (χ1) is 9.70. The average Bonchev–Trinajstić information content (AvgIpc) is 2.43. The smallest absolute Gasteiger partial charge is 0.0727 e. The molecule has 2 rings (SSSR count). The standard InChI is InChI=1S/C15H21N3O2/c1-11-9-15(17-5-6-20-8-7-19-2)13-10-12(16)3-4-14(13)18-11/h3-4,9-10H,5-8,16H2,1-2H3,(H,17,18). The molecule has 1 heterocycles. The van der Waals surface area contributed by atoms with Crippen molar-refractivity contribution >= 4 is 22.3 Å². The summed E-state index contributed by atoms with van der Waals surface area (Å²) >= 11 is 0. The van der Waals surface area contributed by atoms with Gasteiger partial charge in [-0.3, -0.25) is 4.98 Å². The normalized spacial score (nSPS) is 10.9. The first-order valence-corrected chi connectivity index (χ1v) is 6.68. The molecule has 0 radical (unpaired) electrons. The molecule has 3 N–H and O–H groups in total. The average molecular weight is 275 g/mol. The Bertz CT molecular complexity index is 572. The molecule has 5 heteroatoms.